The van der Waals surface area contributed by atoms with Crippen LogP contribution >= 0.6 is 11.6 Å². The van der Waals surface area contributed by atoms with E-state index in [4.69, 9.17) is 16.3 Å². The molecule has 1 aliphatic rings. The Hall–Kier alpha value is -3.12. The standard InChI is InChI=1S/C20H18ClN3O3/c1-20(15-8-10-17(27-2)11-9-15)18(25)24(19(26)23-20)22-13-16(21)12-14-6-4-3-5-7-14/h3-13H,1-2H3,(H,23,26)/b16-12-,22-13-/t20-/m0/s1. The van der Waals surface area contributed by atoms with Gasteiger partial charge in [-0.3, -0.25) is 4.79 Å². The molecule has 3 amide bonds. The average molecular weight is 384 g/mol. The third kappa shape index (κ3) is 3.85. The molecule has 1 atom stereocenters. The summed E-state index contributed by atoms with van der Waals surface area (Å²) < 4.78 is 5.12. The van der Waals surface area contributed by atoms with E-state index >= 15 is 0 Å². The Balaban J connectivity index is 1.80. The number of hydrazone groups is 1. The highest BCUT2D eigenvalue weighted by Gasteiger charge is 2.49. The predicted molar refractivity (Wildman–Crippen MR) is 104 cm³/mol. The molecule has 1 heterocycles. The molecule has 0 aliphatic carbocycles. The summed E-state index contributed by atoms with van der Waals surface area (Å²) in [6.07, 6.45) is 2.96. The first-order valence-corrected chi connectivity index (χ1v) is 8.59. The number of benzene rings is 2. The molecule has 0 bridgehead atoms. The molecule has 0 saturated carbocycles. The number of ether oxygens (including phenoxy) is 1. The molecular formula is C20H18ClN3O3. The smallest absolute Gasteiger partial charge is 0.346 e. The molecule has 7 heteroatoms. The van der Waals surface area contributed by atoms with Gasteiger partial charge in [-0.2, -0.15) is 5.10 Å². The van der Waals surface area contributed by atoms with Crippen LogP contribution in [0.25, 0.3) is 6.08 Å². The average Bonchev–Trinajstić information content (AvgIpc) is 2.90. The largest absolute Gasteiger partial charge is 0.497 e. The first-order chi connectivity index (χ1) is 12.9. The van der Waals surface area contributed by atoms with Crippen LogP contribution in [0.4, 0.5) is 4.79 Å². The van der Waals surface area contributed by atoms with Gasteiger partial charge in [0.1, 0.15) is 11.3 Å². The molecule has 1 saturated heterocycles. The first-order valence-electron chi connectivity index (χ1n) is 8.21. The molecule has 6 nitrogen and oxygen atoms in total. The van der Waals surface area contributed by atoms with Gasteiger partial charge in [0.2, 0.25) is 0 Å². The Morgan fingerprint density at radius 3 is 2.44 bits per heavy atom. The van der Waals surface area contributed by atoms with Crippen molar-refractivity contribution in [2.75, 3.05) is 7.11 Å². The van der Waals surface area contributed by atoms with Gasteiger partial charge in [0.15, 0.2) is 0 Å². The maximum atomic E-state index is 12.8. The second kappa shape index (κ2) is 7.63. The van der Waals surface area contributed by atoms with Gasteiger partial charge < -0.3 is 10.1 Å². The molecule has 1 N–H and O–H groups in total. The van der Waals surface area contributed by atoms with Crippen LogP contribution in [-0.4, -0.2) is 30.3 Å². The van der Waals surface area contributed by atoms with Gasteiger partial charge in [-0.15, -0.1) is 5.01 Å². The quantitative estimate of drug-likeness (QED) is 0.631. The van der Waals surface area contributed by atoms with Crippen molar-refractivity contribution in [2.24, 2.45) is 5.10 Å². The maximum Gasteiger partial charge on any atom is 0.346 e. The fourth-order valence-corrected chi connectivity index (χ4v) is 2.88. The van der Waals surface area contributed by atoms with Crippen LogP contribution in [0.15, 0.2) is 64.7 Å². The van der Waals surface area contributed by atoms with Crippen LogP contribution in [0.2, 0.25) is 0 Å². The summed E-state index contributed by atoms with van der Waals surface area (Å²) >= 11 is 6.14. The number of carbonyl (C=O) groups excluding carboxylic acids is 2. The highest BCUT2D eigenvalue weighted by molar-refractivity contribution is 6.41. The van der Waals surface area contributed by atoms with Crippen LogP contribution in [-0.2, 0) is 10.3 Å². The Morgan fingerprint density at radius 1 is 1.15 bits per heavy atom. The van der Waals surface area contributed by atoms with E-state index in [-0.39, 0.29) is 0 Å². The lowest BCUT2D eigenvalue weighted by atomic mass is 9.92. The number of nitrogens with zero attached hydrogens (tertiary/aromatic N) is 2. The molecule has 2 aromatic rings. The minimum Gasteiger partial charge on any atom is -0.497 e. The minimum atomic E-state index is -1.21. The third-order valence-electron chi connectivity index (χ3n) is 4.24. The zero-order valence-corrected chi connectivity index (χ0v) is 15.6. The number of carbonyl (C=O) groups is 2. The van der Waals surface area contributed by atoms with E-state index in [0.29, 0.717) is 16.3 Å². The van der Waals surface area contributed by atoms with Gasteiger partial charge in [-0.25, -0.2) is 4.79 Å². The first kappa shape index (κ1) is 18.7. The number of methoxy groups -OCH3 is 1. The molecule has 1 fully saturated rings. The number of rotatable bonds is 5. The van der Waals surface area contributed by atoms with Gasteiger partial charge >= 0.3 is 6.03 Å². The van der Waals surface area contributed by atoms with Crippen molar-refractivity contribution in [3.05, 3.63) is 70.8 Å². The minimum absolute atomic E-state index is 0.292. The van der Waals surface area contributed by atoms with Crippen molar-refractivity contribution in [2.45, 2.75) is 12.5 Å². The van der Waals surface area contributed by atoms with Gasteiger partial charge in [0.05, 0.1) is 18.4 Å². The molecular weight excluding hydrogens is 366 g/mol. The molecule has 0 radical (unpaired) electrons. The van der Waals surface area contributed by atoms with Gasteiger partial charge in [0, 0.05) is 0 Å². The van der Waals surface area contributed by atoms with E-state index in [1.807, 2.05) is 30.3 Å². The molecule has 0 aromatic heterocycles. The summed E-state index contributed by atoms with van der Waals surface area (Å²) in [5, 5.41) is 7.71. The molecule has 0 spiro atoms. The number of nitrogens with one attached hydrogen (secondary N) is 1. The summed E-state index contributed by atoms with van der Waals surface area (Å²) in [5.41, 5.74) is 0.301. The van der Waals surface area contributed by atoms with Crippen molar-refractivity contribution in [3.8, 4) is 5.75 Å². The van der Waals surface area contributed by atoms with E-state index < -0.39 is 17.5 Å². The van der Waals surface area contributed by atoms with E-state index in [1.54, 1.807) is 44.4 Å². The summed E-state index contributed by atoms with van der Waals surface area (Å²) in [6.45, 7) is 1.63. The van der Waals surface area contributed by atoms with E-state index in [1.165, 1.54) is 6.21 Å². The molecule has 27 heavy (non-hydrogen) atoms. The van der Waals surface area contributed by atoms with Crippen molar-refractivity contribution in [3.63, 3.8) is 0 Å². The Labute approximate surface area is 162 Å². The summed E-state index contributed by atoms with van der Waals surface area (Å²) in [7, 11) is 1.56. The lowest BCUT2D eigenvalue weighted by Crippen LogP contribution is -2.40. The number of imide groups is 1. The van der Waals surface area contributed by atoms with Crippen molar-refractivity contribution in [1.29, 1.82) is 0 Å². The van der Waals surface area contributed by atoms with Gasteiger partial charge in [-0.1, -0.05) is 54.1 Å². The zero-order valence-electron chi connectivity index (χ0n) is 14.8. The van der Waals surface area contributed by atoms with Crippen LogP contribution in [0, 0.1) is 0 Å². The highest BCUT2D eigenvalue weighted by Crippen LogP contribution is 2.30. The van der Waals surface area contributed by atoms with Crippen molar-refractivity contribution < 1.29 is 14.3 Å². The van der Waals surface area contributed by atoms with Crippen molar-refractivity contribution in [1.82, 2.24) is 10.3 Å². The second-order valence-corrected chi connectivity index (χ2v) is 6.52. The Morgan fingerprint density at radius 2 is 1.81 bits per heavy atom. The van der Waals surface area contributed by atoms with E-state index in [9.17, 15) is 9.59 Å². The lowest BCUT2D eigenvalue weighted by molar-refractivity contribution is -0.131. The fourth-order valence-electron chi connectivity index (χ4n) is 2.71. The number of urea groups is 1. The van der Waals surface area contributed by atoms with E-state index in [0.717, 1.165) is 10.6 Å². The topological polar surface area (TPSA) is 71.0 Å². The van der Waals surface area contributed by atoms with Crippen LogP contribution in [0.5, 0.6) is 5.75 Å². The molecule has 2 aromatic carbocycles. The summed E-state index contributed by atoms with van der Waals surface area (Å²) in [6, 6.07) is 15.7. The number of halogens is 1. The monoisotopic (exact) mass is 383 g/mol. The lowest BCUT2D eigenvalue weighted by Gasteiger charge is -2.21. The Kier molecular flexibility index (Phi) is 5.28. The van der Waals surface area contributed by atoms with Gasteiger partial charge in [0.25, 0.3) is 5.91 Å². The predicted octanol–water partition coefficient (Wildman–Crippen LogP) is 3.73. The molecule has 1 aliphatic heterocycles. The highest BCUT2D eigenvalue weighted by atomic mass is 35.5. The van der Waals surface area contributed by atoms with Crippen LogP contribution in [0.3, 0.4) is 0 Å². The van der Waals surface area contributed by atoms with Crippen LogP contribution < -0.4 is 10.1 Å². The summed E-state index contributed by atoms with van der Waals surface area (Å²) in [4.78, 5) is 25.1. The fraction of sp³-hybridized carbons (Fsp3) is 0.150. The molecule has 0 unspecified atom stereocenters. The van der Waals surface area contributed by atoms with Gasteiger partial charge in [-0.05, 0) is 36.3 Å². The SMILES string of the molecule is COc1ccc([C@]2(C)NC(=O)N(/N=C\C(Cl)=C\c3ccccc3)C2=O)cc1. The normalized spacial score (nSPS) is 20.3. The molecule has 3 rings (SSSR count). The Bertz CT molecular complexity index is 910. The van der Waals surface area contributed by atoms with E-state index in [2.05, 4.69) is 10.4 Å². The third-order valence-corrected chi connectivity index (χ3v) is 4.44. The maximum absolute atomic E-state index is 12.8. The van der Waals surface area contributed by atoms with Crippen molar-refractivity contribution >= 4 is 35.8 Å². The number of amides is 3. The number of allylic oxidation sites excluding steroid dienone is 1. The van der Waals surface area contributed by atoms with Crippen LogP contribution in [0.1, 0.15) is 18.1 Å². The zero-order chi connectivity index (χ0) is 19.4. The summed E-state index contributed by atoms with van der Waals surface area (Å²) in [5.74, 6) is 0.171. The number of hydrogen-bond acceptors (Lipinski definition) is 4. The number of hydrogen-bond donors (Lipinski definition) is 1. The molecule has 138 valence electrons. The second-order valence-electron chi connectivity index (χ2n) is 6.09.